The van der Waals surface area contributed by atoms with Gasteiger partial charge in [0, 0.05) is 24.0 Å². The van der Waals surface area contributed by atoms with Crippen molar-refractivity contribution in [3.63, 3.8) is 0 Å². The second-order valence-electron chi connectivity index (χ2n) is 6.32. The van der Waals surface area contributed by atoms with Crippen LogP contribution in [0.5, 0.6) is 0 Å². The second-order valence-corrected chi connectivity index (χ2v) is 6.32. The Morgan fingerprint density at radius 2 is 1.96 bits per heavy atom. The number of nitrogens with zero attached hydrogens (tertiary/aromatic N) is 1. The van der Waals surface area contributed by atoms with Gasteiger partial charge in [0.2, 0.25) is 0 Å². The van der Waals surface area contributed by atoms with Crippen molar-refractivity contribution in [1.82, 2.24) is 9.88 Å². The number of rotatable bonds is 3. The van der Waals surface area contributed by atoms with Crippen LogP contribution in [0.2, 0.25) is 0 Å². The van der Waals surface area contributed by atoms with Crippen LogP contribution in [0.15, 0.2) is 24.3 Å². The average Bonchev–Trinajstić information content (AvgIpc) is 3.11. The second kappa shape index (κ2) is 6.09. The van der Waals surface area contributed by atoms with Gasteiger partial charge in [0.25, 0.3) is 5.91 Å². The maximum absolute atomic E-state index is 12.8. The van der Waals surface area contributed by atoms with Gasteiger partial charge in [-0.1, -0.05) is 6.42 Å². The number of carboxylic acids is 1. The summed E-state index contributed by atoms with van der Waals surface area (Å²) in [5.41, 5.74) is -0.0796. The lowest BCUT2D eigenvalue weighted by Crippen LogP contribution is -2.40. The van der Waals surface area contributed by atoms with E-state index in [-0.39, 0.29) is 5.69 Å². The highest BCUT2D eigenvalue weighted by atomic mass is 19.4. The van der Waals surface area contributed by atoms with Gasteiger partial charge in [-0.25, -0.2) is 0 Å². The van der Waals surface area contributed by atoms with E-state index in [0.717, 1.165) is 12.1 Å². The van der Waals surface area contributed by atoms with E-state index in [1.165, 1.54) is 16.7 Å². The van der Waals surface area contributed by atoms with Crippen LogP contribution in [0, 0.1) is 5.92 Å². The quantitative estimate of drug-likeness (QED) is 0.889. The molecule has 1 saturated carbocycles. The molecule has 8 heteroatoms. The third-order valence-electron chi connectivity index (χ3n) is 4.75. The van der Waals surface area contributed by atoms with Crippen LogP contribution < -0.4 is 5.32 Å². The van der Waals surface area contributed by atoms with Crippen molar-refractivity contribution in [2.45, 2.75) is 31.5 Å². The van der Waals surface area contributed by atoms with Crippen molar-refractivity contribution < 1.29 is 27.9 Å². The zero-order valence-corrected chi connectivity index (χ0v) is 13.4. The van der Waals surface area contributed by atoms with Crippen molar-refractivity contribution in [3.8, 4) is 0 Å². The number of aromatic nitrogens is 1. The summed E-state index contributed by atoms with van der Waals surface area (Å²) in [7, 11) is 1.59. The summed E-state index contributed by atoms with van der Waals surface area (Å²) in [5.74, 6) is -2.06. The van der Waals surface area contributed by atoms with Crippen LogP contribution in [-0.2, 0) is 18.0 Å². The lowest BCUT2D eigenvalue weighted by Gasteiger charge is -2.17. The monoisotopic (exact) mass is 354 g/mol. The normalized spacial score (nSPS) is 20.8. The minimum absolute atomic E-state index is 0.199. The Morgan fingerprint density at radius 3 is 2.60 bits per heavy atom. The summed E-state index contributed by atoms with van der Waals surface area (Å²) in [6.07, 6.45) is -2.66. The lowest BCUT2D eigenvalue weighted by molar-refractivity contribution is -0.142. The molecule has 5 nitrogen and oxygen atoms in total. The van der Waals surface area contributed by atoms with Gasteiger partial charge in [-0.2, -0.15) is 13.2 Å². The van der Waals surface area contributed by atoms with Gasteiger partial charge in [0.05, 0.1) is 11.5 Å². The standard InChI is InChI=1S/C17H17F3N2O3/c1-22-13-6-5-10(17(18,19)20)7-9(13)8-14(22)15(23)21-12-4-2-3-11(12)16(24)25/h5-8,11-12H,2-4H2,1H3,(H,21,23)(H,24,25)/t11-,12+/m0/s1. The number of carbonyl (C=O) groups excluding carboxylic acids is 1. The van der Waals surface area contributed by atoms with E-state index in [0.29, 0.717) is 30.2 Å². The topological polar surface area (TPSA) is 71.3 Å². The summed E-state index contributed by atoms with van der Waals surface area (Å²) in [5, 5.41) is 12.2. The van der Waals surface area contributed by atoms with E-state index in [4.69, 9.17) is 0 Å². The first kappa shape index (κ1) is 17.3. The van der Waals surface area contributed by atoms with Crippen LogP contribution in [0.25, 0.3) is 10.9 Å². The third-order valence-corrected chi connectivity index (χ3v) is 4.75. The summed E-state index contributed by atoms with van der Waals surface area (Å²) < 4.78 is 40.0. The van der Waals surface area contributed by atoms with Crippen molar-refractivity contribution in [1.29, 1.82) is 0 Å². The number of benzene rings is 1. The summed E-state index contributed by atoms with van der Waals surface area (Å²) >= 11 is 0. The molecule has 2 N–H and O–H groups in total. The minimum Gasteiger partial charge on any atom is -0.481 e. The number of hydrogen-bond donors (Lipinski definition) is 2. The number of carbonyl (C=O) groups is 2. The number of aryl methyl sites for hydroxylation is 1. The molecule has 2 aromatic rings. The number of aliphatic carboxylic acids is 1. The van der Waals surface area contributed by atoms with Crippen molar-refractivity contribution >= 4 is 22.8 Å². The fourth-order valence-corrected chi connectivity index (χ4v) is 3.41. The molecule has 0 saturated heterocycles. The van der Waals surface area contributed by atoms with Crippen LogP contribution in [0.3, 0.4) is 0 Å². The highest BCUT2D eigenvalue weighted by molar-refractivity contribution is 5.99. The molecule has 1 aliphatic rings. The predicted molar refractivity (Wildman–Crippen MR) is 84.2 cm³/mol. The molecule has 1 aromatic carbocycles. The molecule has 134 valence electrons. The summed E-state index contributed by atoms with van der Waals surface area (Å²) in [6, 6.07) is 4.23. The highest BCUT2D eigenvalue weighted by Crippen LogP contribution is 2.32. The maximum Gasteiger partial charge on any atom is 0.416 e. The van der Waals surface area contributed by atoms with Crippen molar-refractivity contribution in [2.24, 2.45) is 13.0 Å². The average molecular weight is 354 g/mol. The Bertz CT molecular complexity index is 842. The summed E-state index contributed by atoms with van der Waals surface area (Å²) in [6.45, 7) is 0. The molecule has 1 heterocycles. The van der Waals surface area contributed by atoms with E-state index in [2.05, 4.69) is 5.32 Å². The zero-order chi connectivity index (χ0) is 18.4. The van der Waals surface area contributed by atoms with E-state index in [1.54, 1.807) is 7.05 Å². The Kier molecular flexibility index (Phi) is 4.22. The number of halogens is 3. The molecule has 2 atom stereocenters. The molecule has 1 fully saturated rings. The van der Waals surface area contributed by atoms with Crippen LogP contribution in [-0.4, -0.2) is 27.6 Å². The number of fused-ring (bicyclic) bond motifs is 1. The van der Waals surface area contributed by atoms with Gasteiger partial charge in [0.15, 0.2) is 0 Å². The first-order chi connectivity index (χ1) is 11.7. The number of nitrogens with one attached hydrogen (secondary N) is 1. The Balaban J connectivity index is 1.89. The van der Waals surface area contributed by atoms with E-state index < -0.39 is 35.6 Å². The predicted octanol–water partition coefficient (Wildman–Crippen LogP) is 3.18. The highest BCUT2D eigenvalue weighted by Gasteiger charge is 2.35. The Labute approximate surface area is 141 Å². The number of amides is 1. The Morgan fingerprint density at radius 1 is 1.24 bits per heavy atom. The zero-order valence-electron chi connectivity index (χ0n) is 13.4. The Hall–Kier alpha value is -2.51. The van der Waals surface area contributed by atoms with Crippen LogP contribution >= 0.6 is 0 Å². The molecule has 0 bridgehead atoms. The van der Waals surface area contributed by atoms with Crippen molar-refractivity contribution in [2.75, 3.05) is 0 Å². The van der Waals surface area contributed by atoms with Crippen LogP contribution in [0.1, 0.15) is 35.3 Å². The largest absolute Gasteiger partial charge is 0.481 e. The molecule has 0 spiro atoms. The molecular formula is C17H17F3N2O3. The fourth-order valence-electron chi connectivity index (χ4n) is 3.41. The molecule has 0 unspecified atom stereocenters. The molecule has 0 radical (unpaired) electrons. The molecule has 3 rings (SSSR count). The van der Waals surface area contributed by atoms with Gasteiger partial charge < -0.3 is 15.0 Å². The van der Waals surface area contributed by atoms with Crippen LogP contribution in [0.4, 0.5) is 13.2 Å². The van der Waals surface area contributed by atoms with E-state index >= 15 is 0 Å². The van der Waals surface area contributed by atoms with Gasteiger partial charge in [-0.15, -0.1) is 0 Å². The first-order valence-electron chi connectivity index (χ1n) is 7.89. The molecular weight excluding hydrogens is 337 g/mol. The van der Waals surface area contributed by atoms with Gasteiger partial charge >= 0.3 is 12.1 Å². The van der Waals surface area contributed by atoms with Gasteiger partial charge in [0.1, 0.15) is 5.69 Å². The lowest BCUT2D eigenvalue weighted by atomic mass is 10.0. The molecule has 1 aliphatic carbocycles. The van der Waals surface area contributed by atoms with E-state index in [9.17, 15) is 27.9 Å². The third kappa shape index (κ3) is 3.20. The molecule has 0 aliphatic heterocycles. The molecule has 1 amide bonds. The minimum atomic E-state index is -4.45. The molecule has 25 heavy (non-hydrogen) atoms. The van der Waals surface area contributed by atoms with Gasteiger partial charge in [-0.3, -0.25) is 9.59 Å². The fraction of sp³-hybridized carbons (Fsp3) is 0.412. The molecule has 1 aromatic heterocycles. The number of hydrogen-bond acceptors (Lipinski definition) is 2. The first-order valence-corrected chi connectivity index (χ1v) is 7.89. The smallest absolute Gasteiger partial charge is 0.416 e. The number of carboxylic acid groups (broad SMARTS) is 1. The maximum atomic E-state index is 12.8. The van der Waals surface area contributed by atoms with Gasteiger partial charge in [-0.05, 0) is 37.1 Å². The SMILES string of the molecule is Cn1c(C(=O)N[C@@H]2CCC[C@@H]2C(=O)O)cc2cc(C(F)(F)F)ccc21. The van der Waals surface area contributed by atoms with Crippen molar-refractivity contribution in [3.05, 3.63) is 35.5 Å². The number of alkyl halides is 3. The summed E-state index contributed by atoms with van der Waals surface area (Å²) in [4.78, 5) is 23.7. The van der Waals surface area contributed by atoms with E-state index in [1.807, 2.05) is 0 Å².